The maximum absolute atomic E-state index is 12.5. The van der Waals surface area contributed by atoms with Crippen molar-refractivity contribution < 1.29 is 9.22 Å². The van der Waals surface area contributed by atoms with Crippen LogP contribution in [0.3, 0.4) is 0 Å². The molecule has 0 saturated heterocycles. The molecule has 0 fully saturated rings. The fourth-order valence-corrected chi connectivity index (χ4v) is 2.59. The average Bonchev–Trinajstić information content (AvgIpc) is 2.45. The molecule has 0 aliphatic carbocycles. The van der Waals surface area contributed by atoms with Crippen LogP contribution in [0.15, 0.2) is 60.7 Å². The predicted octanol–water partition coefficient (Wildman–Crippen LogP) is 4.61. The van der Waals surface area contributed by atoms with Gasteiger partial charge in [-0.15, -0.1) is 0 Å². The molecular formula is C18H20O2Si. The van der Waals surface area contributed by atoms with Crippen molar-refractivity contribution in [2.75, 3.05) is 0 Å². The van der Waals surface area contributed by atoms with Crippen molar-refractivity contribution in [2.45, 2.75) is 19.6 Å². The number of benzene rings is 2. The number of carbonyl (C=O) groups is 1. The van der Waals surface area contributed by atoms with E-state index in [2.05, 4.69) is 0 Å². The molecule has 3 heteroatoms. The Morgan fingerprint density at radius 1 is 0.905 bits per heavy atom. The van der Waals surface area contributed by atoms with E-state index in [1.165, 1.54) is 0 Å². The van der Waals surface area contributed by atoms with Gasteiger partial charge in [-0.1, -0.05) is 60.7 Å². The molecule has 0 radical (unpaired) electrons. The summed E-state index contributed by atoms with van der Waals surface area (Å²) in [5, 5.41) is 0. The first kappa shape index (κ1) is 15.3. The largest absolute Gasteiger partial charge is 0.516 e. The van der Waals surface area contributed by atoms with Crippen LogP contribution >= 0.6 is 0 Å². The van der Waals surface area contributed by atoms with Gasteiger partial charge in [0.2, 0.25) is 8.32 Å². The van der Waals surface area contributed by atoms with E-state index in [9.17, 15) is 4.79 Å². The molecule has 2 nitrogen and oxygen atoms in total. The summed E-state index contributed by atoms with van der Waals surface area (Å²) in [6, 6.07) is 19.5. The van der Waals surface area contributed by atoms with Gasteiger partial charge in [-0.25, -0.2) is 4.79 Å². The standard InChI is InChI=1S/C18H20O2Si/c1-21(2,3)20-18(19)17(16-12-8-5-9-13-16)14-15-10-6-4-7-11-15/h4-14H,1-3H3/b17-14+. The number of hydrogen-bond acceptors (Lipinski definition) is 2. The van der Waals surface area contributed by atoms with Gasteiger partial charge in [-0.2, -0.15) is 0 Å². The van der Waals surface area contributed by atoms with Crippen molar-refractivity contribution in [3.8, 4) is 0 Å². The summed E-state index contributed by atoms with van der Waals surface area (Å²) in [5.41, 5.74) is 2.47. The Morgan fingerprint density at radius 2 is 1.43 bits per heavy atom. The highest BCUT2D eigenvalue weighted by Crippen LogP contribution is 2.21. The van der Waals surface area contributed by atoms with Crippen LogP contribution < -0.4 is 0 Å². The van der Waals surface area contributed by atoms with Crippen molar-refractivity contribution in [1.29, 1.82) is 0 Å². The van der Waals surface area contributed by atoms with Gasteiger partial charge >= 0.3 is 5.97 Å². The zero-order chi connectivity index (χ0) is 15.3. The first-order valence-electron chi connectivity index (χ1n) is 7.01. The third kappa shape index (κ3) is 4.72. The molecule has 0 bridgehead atoms. The van der Waals surface area contributed by atoms with E-state index in [0.29, 0.717) is 5.57 Å². The molecule has 0 spiro atoms. The Morgan fingerprint density at radius 3 is 1.95 bits per heavy atom. The van der Waals surface area contributed by atoms with Crippen molar-refractivity contribution in [1.82, 2.24) is 0 Å². The Bertz CT molecular complexity index is 625. The topological polar surface area (TPSA) is 26.3 Å². The summed E-state index contributed by atoms with van der Waals surface area (Å²) in [6.07, 6.45) is 1.89. The van der Waals surface area contributed by atoms with Crippen LogP contribution in [0.2, 0.25) is 19.6 Å². The van der Waals surface area contributed by atoms with E-state index in [1.807, 2.05) is 86.4 Å². The lowest BCUT2D eigenvalue weighted by Gasteiger charge is -2.19. The lowest BCUT2D eigenvalue weighted by atomic mass is 10.0. The molecule has 2 aromatic carbocycles. The summed E-state index contributed by atoms with van der Waals surface area (Å²) in [7, 11) is -1.92. The smallest absolute Gasteiger partial charge is 0.325 e. The maximum Gasteiger partial charge on any atom is 0.325 e. The molecule has 0 amide bonds. The second kappa shape index (κ2) is 6.55. The summed E-state index contributed by atoms with van der Waals surface area (Å²) >= 11 is 0. The van der Waals surface area contributed by atoms with Crippen molar-refractivity contribution >= 4 is 25.9 Å². The molecule has 0 unspecified atom stereocenters. The van der Waals surface area contributed by atoms with E-state index in [1.54, 1.807) is 0 Å². The highest BCUT2D eigenvalue weighted by atomic mass is 28.4. The molecule has 0 aliphatic heterocycles. The Labute approximate surface area is 127 Å². The van der Waals surface area contributed by atoms with Crippen LogP contribution in [0.4, 0.5) is 0 Å². The molecule has 0 saturated carbocycles. The fraction of sp³-hybridized carbons (Fsp3) is 0.167. The zero-order valence-electron chi connectivity index (χ0n) is 12.7. The normalized spacial score (nSPS) is 12.0. The Kier molecular flexibility index (Phi) is 4.76. The van der Waals surface area contributed by atoms with Gasteiger partial charge in [-0.3, -0.25) is 0 Å². The van der Waals surface area contributed by atoms with Gasteiger partial charge in [0.25, 0.3) is 0 Å². The molecule has 0 aromatic heterocycles. The maximum atomic E-state index is 12.5. The molecule has 2 rings (SSSR count). The first-order valence-corrected chi connectivity index (χ1v) is 10.4. The number of carbonyl (C=O) groups excluding carboxylic acids is 1. The average molecular weight is 296 g/mol. The highest BCUT2D eigenvalue weighted by molar-refractivity contribution is 6.72. The molecule has 0 heterocycles. The van der Waals surface area contributed by atoms with E-state index in [0.717, 1.165) is 11.1 Å². The van der Waals surface area contributed by atoms with Crippen LogP contribution in [-0.4, -0.2) is 14.3 Å². The van der Waals surface area contributed by atoms with Crippen LogP contribution in [0, 0.1) is 0 Å². The minimum absolute atomic E-state index is 0.246. The fourth-order valence-electron chi connectivity index (χ4n) is 1.93. The highest BCUT2D eigenvalue weighted by Gasteiger charge is 2.23. The minimum Gasteiger partial charge on any atom is -0.516 e. The lowest BCUT2D eigenvalue weighted by molar-refractivity contribution is -0.128. The third-order valence-electron chi connectivity index (χ3n) is 2.81. The van der Waals surface area contributed by atoms with Gasteiger partial charge in [0, 0.05) is 0 Å². The minimum atomic E-state index is -1.92. The number of rotatable bonds is 4. The van der Waals surface area contributed by atoms with E-state index >= 15 is 0 Å². The number of hydrogen-bond donors (Lipinski definition) is 0. The van der Waals surface area contributed by atoms with Crippen molar-refractivity contribution in [3.05, 3.63) is 71.8 Å². The van der Waals surface area contributed by atoms with Crippen molar-refractivity contribution in [2.24, 2.45) is 0 Å². The van der Waals surface area contributed by atoms with Crippen LogP contribution in [-0.2, 0) is 9.22 Å². The monoisotopic (exact) mass is 296 g/mol. The second-order valence-electron chi connectivity index (χ2n) is 5.84. The van der Waals surface area contributed by atoms with Gasteiger partial charge in [0.1, 0.15) is 0 Å². The van der Waals surface area contributed by atoms with Gasteiger partial charge in [0.05, 0.1) is 5.57 Å². The van der Waals surface area contributed by atoms with Crippen LogP contribution in [0.1, 0.15) is 11.1 Å². The first-order chi connectivity index (χ1) is 9.96. The van der Waals surface area contributed by atoms with E-state index in [-0.39, 0.29) is 5.97 Å². The quantitative estimate of drug-likeness (QED) is 0.468. The van der Waals surface area contributed by atoms with Crippen LogP contribution in [0.25, 0.3) is 11.6 Å². The van der Waals surface area contributed by atoms with Crippen LogP contribution in [0.5, 0.6) is 0 Å². The van der Waals surface area contributed by atoms with E-state index < -0.39 is 8.32 Å². The van der Waals surface area contributed by atoms with Crippen molar-refractivity contribution in [3.63, 3.8) is 0 Å². The summed E-state index contributed by atoms with van der Waals surface area (Å²) in [6.45, 7) is 6.03. The molecule has 108 valence electrons. The van der Waals surface area contributed by atoms with Gasteiger partial charge in [0.15, 0.2) is 0 Å². The molecule has 2 aromatic rings. The third-order valence-corrected chi connectivity index (χ3v) is 3.61. The molecule has 0 N–H and O–H groups in total. The van der Waals surface area contributed by atoms with E-state index in [4.69, 9.17) is 4.43 Å². The molecule has 0 aliphatic rings. The summed E-state index contributed by atoms with van der Waals surface area (Å²) < 4.78 is 5.66. The molecule has 0 atom stereocenters. The SMILES string of the molecule is C[Si](C)(C)OC(=O)/C(=C/c1ccccc1)c1ccccc1. The second-order valence-corrected chi connectivity index (χ2v) is 10.3. The summed E-state index contributed by atoms with van der Waals surface area (Å²) in [5.74, 6) is -0.246. The summed E-state index contributed by atoms with van der Waals surface area (Å²) in [4.78, 5) is 12.5. The molecule has 21 heavy (non-hydrogen) atoms. The van der Waals surface area contributed by atoms with Gasteiger partial charge in [-0.05, 0) is 36.8 Å². The van der Waals surface area contributed by atoms with Gasteiger partial charge < -0.3 is 4.43 Å². The Balaban J connectivity index is 2.41. The molecular weight excluding hydrogens is 276 g/mol. The predicted molar refractivity (Wildman–Crippen MR) is 90.2 cm³/mol. The lowest BCUT2D eigenvalue weighted by Crippen LogP contribution is -2.29. The Hall–Kier alpha value is -2.13. The zero-order valence-corrected chi connectivity index (χ0v) is 13.7.